The van der Waals surface area contributed by atoms with E-state index in [4.69, 9.17) is 6.42 Å². The fraction of sp³-hybridized carbons (Fsp3) is 0.750. The molecule has 144 valence electrons. The Morgan fingerprint density at radius 3 is 2.85 bits per heavy atom. The van der Waals surface area contributed by atoms with Crippen molar-refractivity contribution in [3.05, 3.63) is 11.6 Å². The number of aromatic nitrogens is 3. The molecule has 0 aromatic carbocycles. The van der Waals surface area contributed by atoms with Gasteiger partial charge < -0.3 is 9.47 Å². The standard InChI is InChI=1S/C20H28N6O/c1-2-3-11-20(23-24-20)12-10-18(27)25-13-7-8-16(15-25)19-22-21-17-9-5-4-6-14-26(17)19/h1,16H,3-15H2. The van der Waals surface area contributed by atoms with Gasteiger partial charge in [0.15, 0.2) is 5.66 Å². The Bertz CT molecular complexity index is 755. The molecule has 0 bridgehead atoms. The number of terminal acetylenes is 1. The predicted molar refractivity (Wildman–Crippen MR) is 101 cm³/mol. The molecule has 1 fully saturated rings. The molecule has 1 amide bonds. The van der Waals surface area contributed by atoms with Crippen molar-refractivity contribution < 1.29 is 4.79 Å². The van der Waals surface area contributed by atoms with E-state index in [-0.39, 0.29) is 11.6 Å². The van der Waals surface area contributed by atoms with Gasteiger partial charge in [-0.05, 0) is 25.7 Å². The number of aryl methyl sites for hydroxylation is 1. The van der Waals surface area contributed by atoms with Crippen LogP contribution in [0.5, 0.6) is 0 Å². The van der Waals surface area contributed by atoms with Gasteiger partial charge in [0, 0.05) is 57.7 Å². The summed E-state index contributed by atoms with van der Waals surface area (Å²) in [6, 6.07) is 0. The molecule has 1 aromatic heterocycles. The van der Waals surface area contributed by atoms with Crippen LogP contribution in [0.25, 0.3) is 0 Å². The molecule has 1 saturated heterocycles. The lowest BCUT2D eigenvalue weighted by Gasteiger charge is -2.32. The van der Waals surface area contributed by atoms with Crippen molar-refractivity contribution >= 4 is 5.91 Å². The summed E-state index contributed by atoms with van der Waals surface area (Å²) in [7, 11) is 0. The van der Waals surface area contributed by atoms with Crippen LogP contribution >= 0.6 is 0 Å². The molecule has 3 aliphatic heterocycles. The van der Waals surface area contributed by atoms with E-state index in [9.17, 15) is 4.79 Å². The van der Waals surface area contributed by atoms with Gasteiger partial charge in [0.05, 0.1) is 0 Å². The van der Waals surface area contributed by atoms with Gasteiger partial charge in [0.1, 0.15) is 11.6 Å². The minimum absolute atomic E-state index is 0.202. The fourth-order valence-electron chi connectivity index (χ4n) is 4.36. The molecule has 1 aromatic rings. The number of carbonyl (C=O) groups excluding carboxylic acids is 1. The third-order valence-electron chi connectivity index (χ3n) is 6.07. The Kier molecular flexibility index (Phi) is 5.24. The molecule has 0 saturated carbocycles. The van der Waals surface area contributed by atoms with Crippen LogP contribution in [0.2, 0.25) is 0 Å². The molecule has 4 rings (SSSR count). The highest BCUT2D eigenvalue weighted by Crippen LogP contribution is 2.38. The van der Waals surface area contributed by atoms with E-state index in [0.717, 1.165) is 57.0 Å². The van der Waals surface area contributed by atoms with E-state index >= 15 is 0 Å². The molecule has 7 nitrogen and oxygen atoms in total. The van der Waals surface area contributed by atoms with Gasteiger partial charge in [0.2, 0.25) is 5.91 Å². The number of fused-ring (bicyclic) bond motifs is 1. The lowest BCUT2D eigenvalue weighted by molar-refractivity contribution is -0.132. The summed E-state index contributed by atoms with van der Waals surface area (Å²) in [5.74, 6) is 5.34. The van der Waals surface area contributed by atoms with Crippen molar-refractivity contribution in [2.45, 2.75) is 82.3 Å². The van der Waals surface area contributed by atoms with Crippen LogP contribution in [-0.4, -0.2) is 44.3 Å². The van der Waals surface area contributed by atoms with Gasteiger partial charge in [-0.1, -0.05) is 6.42 Å². The fourth-order valence-corrected chi connectivity index (χ4v) is 4.36. The molecule has 3 aliphatic rings. The molecule has 4 heterocycles. The van der Waals surface area contributed by atoms with Crippen molar-refractivity contribution in [3.8, 4) is 12.3 Å². The van der Waals surface area contributed by atoms with E-state index in [2.05, 4.69) is 30.9 Å². The van der Waals surface area contributed by atoms with E-state index in [0.29, 0.717) is 25.2 Å². The molecule has 0 N–H and O–H groups in total. The second-order valence-electron chi connectivity index (χ2n) is 8.00. The summed E-state index contributed by atoms with van der Waals surface area (Å²) in [6.07, 6.45) is 14.7. The van der Waals surface area contributed by atoms with Crippen molar-refractivity contribution in [2.24, 2.45) is 10.2 Å². The smallest absolute Gasteiger partial charge is 0.222 e. The number of amides is 1. The third kappa shape index (κ3) is 4.05. The highest BCUT2D eigenvalue weighted by Gasteiger charge is 2.40. The summed E-state index contributed by atoms with van der Waals surface area (Å²) in [5, 5.41) is 17.2. The minimum Gasteiger partial charge on any atom is -0.342 e. The van der Waals surface area contributed by atoms with E-state index in [1.807, 2.05) is 4.90 Å². The summed E-state index contributed by atoms with van der Waals surface area (Å²) in [5.41, 5.74) is -0.373. The Morgan fingerprint density at radius 1 is 1.15 bits per heavy atom. The van der Waals surface area contributed by atoms with Gasteiger partial charge >= 0.3 is 0 Å². The second-order valence-corrected chi connectivity index (χ2v) is 8.00. The lowest BCUT2D eigenvalue weighted by Crippen LogP contribution is -2.40. The van der Waals surface area contributed by atoms with Crippen LogP contribution in [0.4, 0.5) is 0 Å². The predicted octanol–water partition coefficient (Wildman–Crippen LogP) is 3.07. The molecule has 27 heavy (non-hydrogen) atoms. The number of carbonyl (C=O) groups is 1. The highest BCUT2D eigenvalue weighted by atomic mass is 16.2. The topological polar surface area (TPSA) is 75.7 Å². The molecular weight excluding hydrogens is 340 g/mol. The maximum atomic E-state index is 12.8. The SMILES string of the molecule is C#CCCC1(CCC(=O)N2CCCC(c3nnc4n3CCCCC4)C2)N=N1. The molecule has 0 aliphatic carbocycles. The first kappa shape index (κ1) is 18.1. The number of rotatable bonds is 6. The van der Waals surface area contributed by atoms with Crippen LogP contribution in [-0.2, 0) is 17.8 Å². The summed E-state index contributed by atoms with van der Waals surface area (Å²) in [6.45, 7) is 2.60. The van der Waals surface area contributed by atoms with Gasteiger partial charge in [-0.3, -0.25) is 4.79 Å². The van der Waals surface area contributed by atoms with Gasteiger partial charge in [-0.2, -0.15) is 10.2 Å². The zero-order chi connectivity index (χ0) is 18.7. The van der Waals surface area contributed by atoms with E-state index in [1.165, 1.54) is 19.3 Å². The molecule has 0 spiro atoms. The van der Waals surface area contributed by atoms with Crippen LogP contribution < -0.4 is 0 Å². The van der Waals surface area contributed by atoms with Crippen LogP contribution in [0.15, 0.2) is 10.2 Å². The number of hydrogen-bond acceptors (Lipinski definition) is 5. The van der Waals surface area contributed by atoms with Gasteiger partial charge in [0.25, 0.3) is 0 Å². The zero-order valence-corrected chi connectivity index (χ0v) is 15.9. The highest BCUT2D eigenvalue weighted by molar-refractivity contribution is 5.76. The molecular formula is C20H28N6O. The number of likely N-dealkylation sites (tertiary alicyclic amines) is 1. The van der Waals surface area contributed by atoms with Crippen molar-refractivity contribution in [3.63, 3.8) is 0 Å². The normalized spacial score (nSPS) is 23.4. The largest absolute Gasteiger partial charge is 0.342 e. The quantitative estimate of drug-likeness (QED) is 0.724. The van der Waals surface area contributed by atoms with Crippen LogP contribution in [0.1, 0.15) is 75.4 Å². The summed E-state index contributed by atoms with van der Waals surface area (Å²) in [4.78, 5) is 14.8. The number of hydrogen-bond donors (Lipinski definition) is 0. The van der Waals surface area contributed by atoms with Crippen LogP contribution in [0.3, 0.4) is 0 Å². The number of nitrogens with zero attached hydrogens (tertiary/aromatic N) is 6. The summed E-state index contributed by atoms with van der Waals surface area (Å²) < 4.78 is 2.32. The minimum atomic E-state index is -0.373. The molecule has 0 radical (unpaired) electrons. The lowest BCUT2D eigenvalue weighted by atomic mass is 9.96. The maximum absolute atomic E-state index is 12.8. The van der Waals surface area contributed by atoms with Gasteiger partial charge in [-0.25, -0.2) is 0 Å². The average Bonchev–Trinajstić information content (AvgIpc) is 3.43. The summed E-state index contributed by atoms with van der Waals surface area (Å²) >= 11 is 0. The van der Waals surface area contributed by atoms with Crippen molar-refractivity contribution in [1.29, 1.82) is 0 Å². The first-order chi connectivity index (χ1) is 13.2. The Labute approximate surface area is 160 Å². The molecule has 1 atom stereocenters. The molecule has 7 heteroatoms. The van der Waals surface area contributed by atoms with Gasteiger partial charge in [-0.15, -0.1) is 22.5 Å². The second kappa shape index (κ2) is 7.79. The Hall–Kier alpha value is -2.23. The number of piperidine rings is 1. The average molecular weight is 368 g/mol. The van der Waals surface area contributed by atoms with Crippen LogP contribution in [0, 0.1) is 12.3 Å². The maximum Gasteiger partial charge on any atom is 0.222 e. The van der Waals surface area contributed by atoms with E-state index in [1.54, 1.807) is 0 Å². The monoisotopic (exact) mass is 368 g/mol. The molecule has 1 unspecified atom stereocenters. The Morgan fingerprint density at radius 2 is 2.04 bits per heavy atom. The van der Waals surface area contributed by atoms with Crippen molar-refractivity contribution in [1.82, 2.24) is 19.7 Å². The third-order valence-corrected chi connectivity index (χ3v) is 6.07. The Balaban J connectivity index is 1.35. The zero-order valence-electron chi connectivity index (χ0n) is 15.9. The first-order valence-electron chi connectivity index (χ1n) is 10.3. The van der Waals surface area contributed by atoms with E-state index < -0.39 is 0 Å². The van der Waals surface area contributed by atoms with Crippen molar-refractivity contribution in [2.75, 3.05) is 13.1 Å². The first-order valence-corrected chi connectivity index (χ1v) is 10.3.